The molecule has 118 valence electrons. The lowest BCUT2D eigenvalue weighted by molar-refractivity contribution is 0.148. The van der Waals surface area contributed by atoms with Crippen molar-refractivity contribution in [3.8, 4) is 0 Å². The maximum absolute atomic E-state index is 3.48. The van der Waals surface area contributed by atoms with Crippen LogP contribution in [0.5, 0.6) is 0 Å². The predicted molar refractivity (Wildman–Crippen MR) is 87.7 cm³/mol. The van der Waals surface area contributed by atoms with E-state index in [0.717, 1.165) is 11.8 Å². The molecule has 3 rings (SSSR count). The quantitative estimate of drug-likeness (QED) is 0.840. The van der Waals surface area contributed by atoms with E-state index in [-0.39, 0.29) is 12.4 Å². The van der Waals surface area contributed by atoms with Crippen molar-refractivity contribution in [2.75, 3.05) is 52.4 Å². The van der Waals surface area contributed by atoms with Gasteiger partial charge in [-0.25, -0.2) is 0 Å². The molecule has 1 N–H and O–H groups in total. The van der Waals surface area contributed by atoms with Crippen LogP contribution in [-0.2, 0) is 0 Å². The zero-order valence-electron chi connectivity index (χ0n) is 12.9. The van der Waals surface area contributed by atoms with E-state index in [1.807, 2.05) is 0 Å². The van der Waals surface area contributed by atoms with Gasteiger partial charge in [0.2, 0.25) is 0 Å². The van der Waals surface area contributed by atoms with Gasteiger partial charge in [-0.15, -0.1) is 12.4 Å². The molecule has 0 aromatic rings. The lowest BCUT2D eigenvalue weighted by Gasteiger charge is -2.34. The fraction of sp³-hybridized carbons (Fsp3) is 1.00. The minimum absolute atomic E-state index is 0. The van der Waals surface area contributed by atoms with Gasteiger partial charge in [0.1, 0.15) is 0 Å². The Bertz CT molecular complexity index is 254. The van der Waals surface area contributed by atoms with E-state index in [1.165, 1.54) is 90.9 Å². The summed E-state index contributed by atoms with van der Waals surface area (Å²) in [5.74, 6) is 1.95. The van der Waals surface area contributed by atoms with Crippen LogP contribution in [-0.4, -0.2) is 62.2 Å². The number of likely N-dealkylation sites (tertiary alicyclic amines) is 2. The number of hydrogen-bond donors (Lipinski definition) is 1. The summed E-state index contributed by atoms with van der Waals surface area (Å²) in [5.41, 5.74) is 0. The first-order valence-corrected chi connectivity index (χ1v) is 8.55. The van der Waals surface area contributed by atoms with Gasteiger partial charge in [-0.2, -0.15) is 0 Å². The second-order valence-corrected chi connectivity index (χ2v) is 6.94. The zero-order valence-corrected chi connectivity index (χ0v) is 13.7. The molecule has 0 amide bonds. The molecule has 4 heteroatoms. The Morgan fingerprint density at radius 2 is 1.60 bits per heavy atom. The SMILES string of the molecule is C1CCN(CC2CCN(CCC3CCNC3)CC2)C1.Cl. The van der Waals surface area contributed by atoms with Crippen LogP contribution in [0.15, 0.2) is 0 Å². The third-order valence-corrected chi connectivity index (χ3v) is 5.44. The highest BCUT2D eigenvalue weighted by molar-refractivity contribution is 5.85. The van der Waals surface area contributed by atoms with E-state index < -0.39 is 0 Å². The van der Waals surface area contributed by atoms with Crippen molar-refractivity contribution in [2.24, 2.45) is 11.8 Å². The smallest absolute Gasteiger partial charge is 0.00106 e. The highest BCUT2D eigenvalue weighted by Gasteiger charge is 2.23. The summed E-state index contributed by atoms with van der Waals surface area (Å²) in [6.45, 7) is 10.7. The Morgan fingerprint density at radius 3 is 2.25 bits per heavy atom. The molecule has 3 nitrogen and oxygen atoms in total. The molecular formula is C16H32ClN3. The van der Waals surface area contributed by atoms with Crippen LogP contribution in [0.3, 0.4) is 0 Å². The normalized spacial score (nSPS) is 29.7. The van der Waals surface area contributed by atoms with Gasteiger partial charge in [0.05, 0.1) is 0 Å². The van der Waals surface area contributed by atoms with Crippen molar-refractivity contribution >= 4 is 12.4 Å². The van der Waals surface area contributed by atoms with Crippen molar-refractivity contribution in [1.29, 1.82) is 0 Å². The molecule has 1 unspecified atom stereocenters. The number of hydrogen-bond acceptors (Lipinski definition) is 3. The predicted octanol–water partition coefficient (Wildman–Crippen LogP) is 2.22. The van der Waals surface area contributed by atoms with Gasteiger partial charge in [0.15, 0.2) is 0 Å². The molecule has 0 aromatic heterocycles. The van der Waals surface area contributed by atoms with Crippen LogP contribution in [0.25, 0.3) is 0 Å². The first-order chi connectivity index (χ1) is 9.40. The van der Waals surface area contributed by atoms with E-state index >= 15 is 0 Å². The Balaban J connectivity index is 0.00000147. The summed E-state index contributed by atoms with van der Waals surface area (Å²) in [6, 6.07) is 0. The molecule has 0 bridgehead atoms. The first-order valence-electron chi connectivity index (χ1n) is 8.55. The average Bonchev–Trinajstić information content (AvgIpc) is 3.11. The molecular weight excluding hydrogens is 270 g/mol. The lowest BCUT2D eigenvalue weighted by atomic mass is 9.95. The Labute approximate surface area is 130 Å². The molecule has 0 saturated carbocycles. The fourth-order valence-corrected chi connectivity index (χ4v) is 4.05. The summed E-state index contributed by atoms with van der Waals surface area (Å²) in [4.78, 5) is 5.42. The second kappa shape index (κ2) is 8.57. The van der Waals surface area contributed by atoms with Crippen molar-refractivity contribution in [2.45, 2.75) is 38.5 Å². The number of rotatable bonds is 5. The molecule has 20 heavy (non-hydrogen) atoms. The Morgan fingerprint density at radius 1 is 0.850 bits per heavy atom. The second-order valence-electron chi connectivity index (χ2n) is 6.94. The summed E-state index contributed by atoms with van der Waals surface area (Å²) < 4.78 is 0. The maximum atomic E-state index is 3.48. The molecule has 0 aromatic carbocycles. The molecule has 3 heterocycles. The Hall–Kier alpha value is 0.170. The van der Waals surface area contributed by atoms with Gasteiger partial charge in [-0.3, -0.25) is 0 Å². The van der Waals surface area contributed by atoms with E-state index in [4.69, 9.17) is 0 Å². The summed E-state index contributed by atoms with van der Waals surface area (Å²) in [6.07, 6.45) is 8.59. The molecule has 3 aliphatic rings. The molecule has 3 saturated heterocycles. The number of nitrogens with zero attached hydrogens (tertiary/aromatic N) is 2. The van der Waals surface area contributed by atoms with E-state index in [9.17, 15) is 0 Å². The Kier molecular flexibility index (Phi) is 7.09. The van der Waals surface area contributed by atoms with Gasteiger partial charge >= 0.3 is 0 Å². The molecule has 3 aliphatic heterocycles. The van der Waals surface area contributed by atoms with Crippen molar-refractivity contribution in [3.63, 3.8) is 0 Å². The first kappa shape index (κ1) is 16.5. The molecule has 0 spiro atoms. The summed E-state index contributed by atoms with van der Waals surface area (Å²) in [5, 5.41) is 3.48. The topological polar surface area (TPSA) is 18.5 Å². The third-order valence-electron chi connectivity index (χ3n) is 5.44. The van der Waals surface area contributed by atoms with E-state index in [2.05, 4.69) is 15.1 Å². The molecule has 0 aliphatic carbocycles. The largest absolute Gasteiger partial charge is 0.316 e. The van der Waals surface area contributed by atoms with E-state index in [0.29, 0.717) is 0 Å². The van der Waals surface area contributed by atoms with Crippen LogP contribution in [0.2, 0.25) is 0 Å². The molecule has 1 atom stereocenters. The number of nitrogens with one attached hydrogen (secondary N) is 1. The monoisotopic (exact) mass is 301 g/mol. The minimum Gasteiger partial charge on any atom is -0.316 e. The summed E-state index contributed by atoms with van der Waals surface area (Å²) >= 11 is 0. The van der Waals surface area contributed by atoms with Gasteiger partial charge in [-0.05, 0) is 96.2 Å². The standard InChI is InChI=1S/C16H31N3.ClH/c1-2-9-19(8-1)14-16-5-11-18(12-6-16)10-4-15-3-7-17-13-15;/h15-17H,1-14H2;1H. The third kappa shape index (κ3) is 4.87. The minimum atomic E-state index is 0. The van der Waals surface area contributed by atoms with Crippen molar-refractivity contribution < 1.29 is 0 Å². The maximum Gasteiger partial charge on any atom is 0.00106 e. The van der Waals surface area contributed by atoms with Crippen LogP contribution in [0, 0.1) is 11.8 Å². The van der Waals surface area contributed by atoms with Gasteiger partial charge < -0.3 is 15.1 Å². The van der Waals surface area contributed by atoms with Crippen molar-refractivity contribution in [1.82, 2.24) is 15.1 Å². The lowest BCUT2D eigenvalue weighted by Crippen LogP contribution is -2.39. The summed E-state index contributed by atoms with van der Waals surface area (Å²) in [7, 11) is 0. The van der Waals surface area contributed by atoms with Crippen LogP contribution in [0.4, 0.5) is 0 Å². The highest BCUT2D eigenvalue weighted by atomic mass is 35.5. The van der Waals surface area contributed by atoms with Crippen LogP contribution < -0.4 is 5.32 Å². The van der Waals surface area contributed by atoms with Gasteiger partial charge in [0.25, 0.3) is 0 Å². The van der Waals surface area contributed by atoms with Crippen molar-refractivity contribution in [3.05, 3.63) is 0 Å². The zero-order chi connectivity index (χ0) is 12.9. The van der Waals surface area contributed by atoms with Gasteiger partial charge in [0, 0.05) is 6.54 Å². The number of piperidine rings is 1. The highest BCUT2D eigenvalue weighted by Crippen LogP contribution is 2.22. The molecule has 0 radical (unpaired) electrons. The average molecular weight is 302 g/mol. The fourth-order valence-electron chi connectivity index (χ4n) is 4.05. The van der Waals surface area contributed by atoms with Gasteiger partial charge in [-0.1, -0.05) is 0 Å². The van der Waals surface area contributed by atoms with Crippen LogP contribution >= 0.6 is 12.4 Å². The van der Waals surface area contributed by atoms with E-state index in [1.54, 1.807) is 0 Å². The van der Waals surface area contributed by atoms with Crippen LogP contribution in [0.1, 0.15) is 38.5 Å². The molecule has 3 fully saturated rings. The number of halogens is 1.